The number of aromatic amines is 1. The summed E-state index contributed by atoms with van der Waals surface area (Å²) in [4.78, 5) is 17.3. The summed E-state index contributed by atoms with van der Waals surface area (Å²) >= 11 is 1.79. The van der Waals surface area contributed by atoms with E-state index in [9.17, 15) is 4.79 Å². The number of hydrogen-bond acceptors (Lipinski definition) is 3. The predicted molar refractivity (Wildman–Crippen MR) is 98.5 cm³/mol. The molecule has 0 saturated heterocycles. The van der Waals surface area contributed by atoms with E-state index in [-0.39, 0.29) is 12.1 Å². The maximum Gasteiger partial charge on any atom is 0.256 e. The number of H-pyrrole nitrogens is 1. The van der Waals surface area contributed by atoms with E-state index in [0.717, 1.165) is 29.1 Å². The number of fused-ring (bicyclic) bond motifs is 3. The molecular formula is C19H25N3OS. The van der Waals surface area contributed by atoms with Gasteiger partial charge in [0.05, 0.1) is 11.3 Å². The fraction of sp³-hybridized carbons (Fsp3) is 0.526. The Morgan fingerprint density at radius 1 is 1.33 bits per heavy atom. The van der Waals surface area contributed by atoms with Crippen LogP contribution in [0.15, 0.2) is 18.3 Å². The van der Waals surface area contributed by atoms with Gasteiger partial charge in [-0.1, -0.05) is 27.2 Å². The Bertz CT molecular complexity index is 760. The Balaban J connectivity index is 1.64. The molecule has 24 heavy (non-hydrogen) atoms. The highest BCUT2D eigenvalue weighted by molar-refractivity contribution is 7.16. The first-order valence-electron chi connectivity index (χ1n) is 8.85. The van der Waals surface area contributed by atoms with E-state index in [0.29, 0.717) is 11.3 Å². The van der Waals surface area contributed by atoms with Gasteiger partial charge in [-0.25, -0.2) is 0 Å². The van der Waals surface area contributed by atoms with Gasteiger partial charge in [0.2, 0.25) is 0 Å². The van der Waals surface area contributed by atoms with Crippen molar-refractivity contribution in [1.29, 1.82) is 0 Å². The number of carbonyl (C=O) groups is 1. The standard InChI is InChI=1S/C19H25N3OS/c1-4-19(2,3)11-7-8-12-14(10-11)24-18-15(12)17(23)21-16(22-18)13-6-5-9-20-13/h5-6,9,11,16,20,22H,4,7-8,10H2,1-3H3,(H,21,23)/t11-,16-/m1/s1. The second kappa shape index (κ2) is 5.66. The molecule has 0 radical (unpaired) electrons. The van der Waals surface area contributed by atoms with Crippen LogP contribution in [-0.2, 0) is 12.8 Å². The van der Waals surface area contributed by atoms with E-state index >= 15 is 0 Å². The molecule has 128 valence electrons. The molecule has 2 aromatic heterocycles. The van der Waals surface area contributed by atoms with E-state index in [1.54, 1.807) is 11.3 Å². The Hall–Kier alpha value is -1.75. The number of nitrogens with one attached hydrogen (secondary N) is 3. The molecule has 1 amide bonds. The number of aromatic nitrogens is 1. The number of rotatable bonds is 3. The summed E-state index contributed by atoms with van der Waals surface area (Å²) in [5.41, 5.74) is 3.54. The normalized spacial score (nSPS) is 23.2. The average molecular weight is 343 g/mol. The third-order valence-corrected chi connectivity index (χ3v) is 7.18. The summed E-state index contributed by atoms with van der Waals surface area (Å²) in [6.45, 7) is 7.04. The molecule has 3 N–H and O–H groups in total. The monoisotopic (exact) mass is 343 g/mol. The van der Waals surface area contributed by atoms with Crippen LogP contribution in [0.2, 0.25) is 0 Å². The van der Waals surface area contributed by atoms with Crippen molar-refractivity contribution in [3.63, 3.8) is 0 Å². The average Bonchev–Trinajstić information content (AvgIpc) is 3.21. The quantitative estimate of drug-likeness (QED) is 0.770. The van der Waals surface area contributed by atoms with Crippen molar-refractivity contribution in [2.75, 3.05) is 5.32 Å². The zero-order valence-corrected chi connectivity index (χ0v) is 15.3. The van der Waals surface area contributed by atoms with Gasteiger partial charge < -0.3 is 15.6 Å². The van der Waals surface area contributed by atoms with Gasteiger partial charge in [0.25, 0.3) is 5.91 Å². The van der Waals surface area contributed by atoms with Gasteiger partial charge in [0, 0.05) is 11.1 Å². The van der Waals surface area contributed by atoms with Crippen LogP contribution >= 0.6 is 11.3 Å². The van der Waals surface area contributed by atoms with E-state index in [4.69, 9.17) is 0 Å². The molecule has 2 aromatic rings. The van der Waals surface area contributed by atoms with Crippen molar-refractivity contribution >= 4 is 22.2 Å². The second-order valence-corrected chi connectivity index (χ2v) is 8.77. The Kier molecular flexibility index (Phi) is 3.71. The van der Waals surface area contributed by atoms with Gasteiger partial charge >= 0.3 is 0 Å². The van der Waals surface area contributed by atoms with E-state index in [2.05, 4.69) is 36.4 Å². The number of anilines is 1. The van der Waals surface area contributed by atoms with Crippen LogP contribution in [0.1, 0.15) is 66.3 Å². The fourth-order valence-corrected chi connectivity index (χ4v) is 5.29. The van der Waals surface area contributed by atoms with Gasteiger partial charge in [-0.2, -0.15) is 0 Å². The van der Waals surface area contributed by atoms with Gasteiger partial charge in [0.15, 0.2) is 0 Å². The number of carbonyl (C=O) groups excluding carboxylic acids is 1. The van der Waals surface area contributed by atoms with E-state index < -0.39 is 0 Å². The molecule has 4 nitrogen and oxygen atoms in total. The SMILES string of the molecule is CCC(C)(C)[C@@H]1CCc2c(sc3c2C(=O)N[C@@H](c2ccc[nH]2)N3)C1. The second-order valence-electron chi connectivity index (χ2n) is 7.67. The minimum atomic E-state index is -0.164. The smallest absolute Gasteiger partial charge is 0.256 e. The van der Waals surface area contributed by atoms with Crippen molar-refractivity contribution in [1.82, 2.24) is 10.3 Å². The predicted octanol–water partition coefficient (Wildman–Crippen LogP) is 4.47. The van der Waals surface area contributed by atoms with Gasteiger partial charge in [-0.05, 0) is 48.3 Å². The molecule has 1 aliphatic carbocycles. The first-order chi connectivity index (χ1) is 11.5. The van der Waals surface area contributed by atoms with Crippen molar-refractivity contribution in [2.45, 2.75) is 52.6 Å². The molecule has 4 rings (SSSR count). The van der Waals surface area contributed by atoms with Crippen LogP contribution in [-0.4, -0.2) is 10.9 Å². The van der Waals surface area contributed by atoms with Crippen LogP contribution in [0, 0.1) is 11.3 Å². The number of amides is 1. The summed E-state index contributed by atoms with van der Waals surface area (Å²) in [6.07, 6.45) is 6.24. The highest BCUT2D eigenvalue weighted by Crippen LogP contribution is 2.46. The minimum absolute atomic E-state index is 0.0639. The molecule has 0 unspecified atom stereocenters. The Morgan fingerprint density at radius 2 is 2.17 bits per heavy atom. The molecule has 0 spiro atoms. The first-order valence-corrected chi connectivity index (χ1v) is 9.66. The summed E-state index contributed by atoms with van der Waals surface area (Å²) in [7, 11) is 0. The molecule has 0 saturated carbocycles. The first kappa shape index (κ1) is 15.8. The summed E-state index contributed by atoms with van der Waals surface area (Å²) < 4.78 is 0. The molecule has 2 atom stereocenters. The lowest BCUT2D eigenvalue weighted by Gasteiger charge is -2.36. The maximum atomic E-state index is 12.7. The van der Waals surface area contributed by atoms with Crippen molar-refractivity contribution in [3.05, 3.63) is 40.0 Å². The molecule has 0 aromatic carbocycles. The van der Waals surface area contributed by atoms with Crippen LogP contribution in [0.3, 0.4) is 0 Å². The summed E-state index contributed by atoms with van der Waals surface area (Å²) in [6, 6.07) is 3.95. The largest absolute Gasteiger partial charge is 0.362 e. The minimum Gasteiger partial charge on any atom is -0.362 e. The zero-order chi connectivity index (χ0) is 16.9. The molecule has 5 heteroatoms. The van der Waals surface area contributed by atoms with Crippen LogP contribution in [0.5, 0.6) is 0 Å². The molecular weight excluding hydrogens is 318 g/mol. The van der Waals surface area contributed by atoms with Crippen molar-refractivity contribution < 1.29 is 4.79 Å². The van der Waals surface area contributed by atoms with Gasteiger partial charge in [0.1, 0.15) is 11.2 Å². The maximum absolute atomic E-state index is 12.7. The molecule has 3 heterocycles. The zero-order valence-electron chi connectivity index (χ0n) is 14.5. The highest BCUT2D eigenvalue weighted by Gasteiger charge is 2.37. The molecule has 0 bridgehead atoms. The fourth-order valence-electron chi connectivity index (χ4n) is 3.93. The topological polar surface area (TPSA) is 56.9 Å². The molecule has 1 aliphatic heterocycles. The number of hydrogen-bond donors (Lipinski definition) is 3. The van der Waals surface area contributed by atoms with Crippen LogP contribution in [0.4, 0.5) is 5.00 Å². The Labute approximate surface area is 147 Å². The van der Waals surface area contributed by atoms with Crippen molar-refractivity contribution in [2.24, 2.45) is 11.3 Å². The third kappa shape index (κ3) is 2.46. The lowest BCUT2D eigenvalue weighted by Crippen LogP contribution is -2.38. The summed E-state index contributed by atoms with van der Waals surface area (Å²) in [5, 5.41) is 7.64. The van der Waals surface area contributed by atoms with Gasteiger partial charge in [-0.15, -0.1) is 11.3 Å². The third-order valence-electron chi connectivity index (χ3n) is 5.99. The van der Waals surface area contributed by atoms with Gasteiger partial charge in [-0.3, -0.25) is 4.79 Å². The highest BCUT2D eigenvalue weighted by atomic mass is 32.1. The number of thiophene rings is 1. The van der Waals surface area contributed by atoms with Crippen molar-refractivity contribution in [3.8, 4) is 0 Å². The van der Waals surface area contributed by atoms with Crippen LogP contribution < -0.4 is 10.6 Å². The van der Waals surface area contributed by atoms with E-state index in [1.165, 1.54) is 23.3 Å². The summed E-state index contributed by atoms with van der Waals surface area (Å²) in [5.74, 6) is 0.770. The lowest BCUT2D eigenvalue weighted by molar-refractivity contribution is 0.0934. The molecule has 2 aliphatic rings. The Morgan fingerprint density at radius 3 is 2.88 bits per heavy atom. The van der Waals surface area contributed by atoms with E-state index in [1.807, 2.05) is 18.3 Å². The van der Waals surface area contributed by atoms with Crippen LogP contribution in [0.25, 0.3) is 0 Å². The lowest BCUT2D eigenvalue weighted by atomic mass is 9.69. The molecule has 0 fully saturated rings.